The fourth-order valence-electron chi connectivity index (χ4n) is 1.35. The summed E-state index contributed by atoms with van der Waals surface area (Å²) in [6, 6.07) is 4.26. The van der Waals surface area contributed by atoms with Crippen molar-refractivity contribution in [1.82, 2.24) is 4.72 Å². The van der Waals surface area contributed by atoms with Crippen molar-refractivity contribution in [3.8, 4) is 6.07 Å². The van der Waals surface area contributed by atoms with Crippen LogP contribution >= 0.6 is 11.6 Å². The van der Waals surface area contributed by atoms with Crippen LogP contribution in [0.4, 0.5) is 0 Å². The van der Waals surface area contributed by atoms with Gasteiger partial charge in [0.2, 0.25) is 10.0 Å². The maximum atomic E-state index is 12.0. The standard InChI is InChI=1S/C11H11ClN2O4S/c1-2-9(11(15)16)14-19(17,18)10-4-3-7(6-13)5-8(10)12/h3-5,9,14H,2H2,1H3,(H,15,16)/t9-/m1/s1. The number of carbonyl (C=O) groups is 1. The summed E-state index contributed by atoms with van der Waals surface area (Å²) in [7, 11) is -4.04. The number of benzene rings is 1. The number of halogens is 1. The van der Waals surface area contributed by atoms with Crippen LogP contribution < -0.4 is 4.72 Å². The van der Waals surface area contributed by atoms with Crippen molar-refractivity contribution in [3.63, 3.8) is 0 Å². The molecule has 0 spiro atoms. The fraction of sp³-hybridized carbons (Fsp3) is 0.273. The quantitative estimate of drug-likeness (QED) is 0.853. The van der Waals surface area contributed by atoms with E-state index in [0.717, 1.165) is 6.07 Å². The van der Waals surface area contributed by atoms with Gasteiger partial charge in [0.1, 0.15) is 10.9 Å². The Morgan fingerprint density at radius 3 is 2.63 bits per heavy atom. The van der Waals surface area contributed by atoms with Crippen molar-refractivity contribution in [1.29, 1.82) is 5.26 Å². The van der Waals surface area contributed by atoms with E-state index in [1.54, 1.807) is 6.92 Å². The monoisotopic (exact) mass is 302 g/mol. The van der Waals surface area contributed by atoms with Crippen molar-refractivity contribution < 1.29 is 18.3 Å². The predicted octanol–water partition coefficient (Wildman–Crippen LogP) is 1.35. The van der Waals surface area contributed by atoms with Gasteiger partial charge in [-0.25, -0.2) is 8.42 Å². The molecule has 1 atom stereocenters. The number of nitrogens with one attached hydrogen (secondary N) is 1. The van der Waals surface area contributed by atoms with Gasteiger partial charge in [0, 0.05) is 0 Å². The molecule has 6 nitrogen and oxygen atoms in total. The summed E-state index contributed by atoms with van der Waals surface area (Å²) in [6.45, 7) is 1.54. The Morgan fingerprint density at radius 2 is 2.21 bits per heavy atom. The molecule has 0 amide bonds. The van der Waals surface area contributed by atoms with Gasteiger partial charge < -0.3 is 5.11 Å². The molecule has 0 aromatic heterocycles. The van der Waals surface area contributed by atoms with E-state index in [2.05, 4.69) is 0 Å². The molecule has 2 N–H and O–H groups in total. The number of nitriles is 1. The van der Waals surface area contributed by atoms with Crippen LogP contribution in [0, 0.1) is 11.3 Å². The number of sulfonamides is 1. The van der Waals surface area contributed by atoms with Gasteiger partial charge in [0.15, 0.2) is 0 Å². The third-order valence-electron chi connectivity index (χ3n) is 2.35. The smallest absolute Gasteiger partial charge is 0.321 e. The van der Waals surface area contributed by atoms with E-state index in [1.165, 1.54) is 12.1 Å². The summed E-state index contributed by atoms with van der Waals surface area (Å²) in [5.41, 5.74) is 0.217. The number of hydrogen-bond donors (Lipinski definition) is 2. The zero-order chi connectivity index (χ0) is 14.6. The topological polar surface area (TPSA) is 107 Å². The summed E-state index contributed by atoms with van der Waals surface area (Å²) in [6.07, 6.45) is 0.0997. The number of nitrogens with zero attached hydrogens (tertiary/aromatic N) is 1. The average Bonchev–Trinajstić information content (AvgIpc) is 2.35. The summed E-state index contributed by atoms with van der Waals surface area (Å²) < 4.78 is 26.0. The van der Waals surface area contributed by atoms with E-state index in [0.29, 0.717) is 0 Å². The summed E-state index contributed by atoms with van der Waals surface area (Å²) in [5.74, 6) is -1.27. The van der Waals surface area contributed by atoms with E-state index >= 15 is 0 Å². The van der Waals surface area contributed by atoms with Crippen LogP contribution in [0.25, 0.3) is 0 Å². The van der Waals surface area contributed by atoms with Gasteiger partial charge in [-0.15, -0.1) is 0 Å². The van der Waals surface area contributed by atoms with E-state index in [1.807, 2.05) is 10.8 Å². The van der Waals surface area contributed by atoms with Crippen molar-refractivity contribution in [2.45, 2.75) is 24.3 Å². The zero-order valence-electron chi connectivity index (χ0n) is 9.92. The lowest BCUT2D eigenvalue weighted by Gasteiger charge is -2.13. The number of carboxylic acids is 1. The maximum Gasteiger partial charge on any atom is 0.321 e. The van der Waals surface area contributed by atoms with Gasteiger partial charge in [-0.3, -0.25) is 4.79 Å². The van der Waals surface area contributed by atoms with Crippen LogP contribution in [0.1, 0.15) is 18.9 Å². The summed E-state index contributed by atoms with van der Waals surface area (Å²) >= 11 is 5.78. The van der Waals surface area contributed by atoms with Gasteiger partial charge in [0.05, 0.1) is 16.7 Å². The first kappa shape index (κ1) is 15.4. The fourth-order valence-corrected chi connectivity index (χ4v) is 3.16. The van der Waals surface area contributed by atoms with Gasteiger partial charge in [0.25, 0.3) is 0 Å². The van der Waals surface area contributed by atoms with Crippen LogP contribution in [0.15, 0.2) is 23.1 Å². The van der Waals surface area contributed by atoms with Crippen molar-refractivity contribution in [2.24, 2.45) is 0 Å². The molecule has 1 aromatic rings. The summed E-state index contributed by atoms with van der Waals surface area (Å²) in [5, 5.41) is 17.4. The highest BCUT2D eigenvalue weighted by Gasteiger charge is 2.25. The highest BCUT2D eigenvalue weighted by molar-refractivity contribution is 7.89. The van der Waals surface area contributed by atoms with E-state index < -0.39 is 22.0 Å². The first-order valence-corrected chi connectivity index (χ1v) is 7.12. The molecule has 0 heterocycles. The Balaban J connectivity index is 3.14. The zero-order valence-corrected chi connectivity index (χ0v) is 11.5. The molecule has 0 radical (unpaired) electrons. The van der Waals surface area contributed by atoms with Gasteiger partial charge in [-0.1, -0.05) is 18.5 Å². The van der Waals surface area contributed by atoms with Crippen molar-refractivity contribution >= 4 is 27.6 Å². The highest BCUT2D eigenvalue weighted by Crippen LogP contribution is 2.22. The molecule has 0 bridgehead atoms. The third-order valence-corrected chi connectivity index (χ3v) is 4.31. The Labute approximate surface area is 115 Å². The lowest BCUT2D eigenvalue weighted by atomic mass is 10.2. The van der Waals surface area contributed by atoms with Gasteiger partial charge >= 0.3 is 5.97 Å². The molecular weight excluding hydrogens is 292 g/mol. The molecule has 0 aliphatic heterocycles. The molecule has 0 saturated carbocycles. The van der Waals surface area contributed by atoms with Crippen LogP contribution in [-0.4, -0.2) is 25.5 Å². The molecule has 0 saturated heterocycles. The van der Waals surface area contributed by atoms with Crippen molar-refractivity contribution in [2.75, 3.05) is 0 Å². The summed E-state index contributed by atoms with van der Waals surface area (Å²) in [4.78, 5) is 10.6. The van der Waals surface area contributed by atoms with Crippen LogP contribution in [0.2, 0.25) is 5.02 Å². The van der Waals surface area contributed by atoms with E-state index in [9.17, 15) is 13.2 Å². The van der Waals surface area contributed by atoms with Gasteiger partial charge in [-0.05, 0) is 24.6 Å². The molecule has 19 heavy (non-hydrogen) atoms. The molecule has 0 unspecified atom stereocenters. The second-order valence-corrected chi connectivity index (χ2v) is 5.77. The number of hydrogen-bond acceptors (Lipinski definition) is 4. The molecule has 8 heteroatoms. The first-order chi connectivity index (χ1) is 8.81. The molecular formula is C11H11ClN2O4S. The lowest BCUT2D eigenvalue weighted by molar-refractivity contribution is -0.139. The minimum Gasteiger partial charge on any atom is -0.480 e. The Kier molecular flexibility index (Phi) is 4.89. The Morgan fingerprint density at radius 1 is 1.58 bits per heavy atom. The number of aliphatic carboxylic acids is 1. The minimum absolute atomic E-state index is 0.0997. The number of rotatable bonds is 5. The molecule has 0 fully saturated rings. The molecule has 102 valence electrons. The molecule has 1 rings (SSSR count). The Bertz CT molecular complexity index is 637. The largest absolute Gasteiger partial charge is 0.480 e. The SMILES string of the molecule is CC[C@@H](NS(=O)(=O)c1ccc(C#N)cc1Cl)C(=O)O. The number of carboxylic acid groups (broad SMARTS) is 1. The predicted molar refractivity (Wildman–Crippen MR) is 68.2 cm³/mol. The van der Waals surface area contributed by atoms with Crippen molar-refractivity contribution in [3.05, 3.63) is 28.8 Å². The molecule has 0 aliphatic rings. The second kappa shape index (κ2) is 6.02. The third kappa shape index (κ3) is 3.67. The van der Waals surface area contributed by atoms with E-state index in [-0.39, 0.29) is 21.9 Å². The first-order valence-electron chi connectivity index (χ1n) is 5.26. The minimum atomic E-state index is -4.04. The average molecular weight is 303 g/mol. The maximum absolute atomic E-state index is 12.0. The van der Waals surface area contributed by atoms with Gasteiger partial charge in [-0.2, -0.15) is 9.98 Å². The molecule has 0 aliphatic carbocycles. The van der Waals surface area contributed by atoms with Crippen LogP contribution in [0.3, 0.4) is 0 Å². The Hall–Kier alpha value is -1.62. The highest BCUT2D eigenvalue weighted by atomic mass is 35.5. The van der Waals surface area contributed by atoms with Crippen LogP contribution in [-0.2, 0) is 14.8 Å². The normalized spacial score (nSPS) is 12.7. The van der Waals surface area contributed by atoms with E-state index in [4.69, 9.17) is 22.0 Å². The molecule has 1 aromatic carbocycles. The second-order valence-electron chi connectivity index (χ2n) is 3.68. The lowest BCUT2D eigenvalue weighted by Crippen LogP contribution is -2.40. The van der Waals surface area contributed by atoms with Crippen LogP contribution in [0.5, 0.6) is 0 Å².